The molecule has 0 atom stereocenters. The zero-order chi connectivity index (χ0) is 23.4. The zero-order valence-electron chi connectivity index (χ0n) is 20.2. The largest absolute Gasteiger partial charge is 0.381 e. The molecule has 2 aliphatic heterocycles. The van der Waals surface area contributed by atoms with Gasteiger partial charge in [0.05, 0.1) is 13.2 Å². The molecule has 190 valence electrons. The predicted molar refractivity (Wildman–Crippen MR) is 120 cm³/mol. The van der Waals surface area contributed by atoms with Crippen molar-refractivity contribution >= 4 is 41.0 Å². The van der Waals surface area contributed by atoms with Crippen molar-refractivity contribution in [2.24, 2.45) is 0 Å². The van der Waals surface area contributed by atoms with Gasteiger partial charge in [-0.15, -0.1) is 0 Å². The fourth-order valence-electron chi connectivity index (χ4n) is 2.44. The third-order valence-corrected chi connectivity index (χ3v) is 4.02. The molecule has 10 nitrogen and oxygen atoms in total. The van der Waals surface area contributed by atoms with E-state index in [4.69, 9.17) is 4.74 Å². The Morgan fingerprint density at radius 1 is 0.686 bits per heavy atom. The number of ether oxygens (including phenoxy) is 1. The van der Waals surface area contributed by atoms with Crippen LogP contribution in [0.15, 0.2) is 24.3 Å². The van der Waals surface area contributed by atoms with Crippen LogP contribution in [0.1, 0.15) is 25.7 Å². The van der Waals surface area contributed by atoms with E-state index >= 15 is 0 Å². The molecule has 12 heteroatoms. The van der Waals surface area contributed by atoms with Crippen LogP contribution in [0.4, 0.5) is 0 Å². The average molecular weight is 640 g/mol. The van der Waals surface area contributed by atoms with E-state index < -0.39 is 17.6 Å². The quantitative estimate of drug-likeness (QED) is 0.173. The molecule has 0 bridgehead atoms. The van der Waals surface area contributed by atoms with Crippen molar-refractivity contribution in [2.45, 2.75) is 25.7 Å². The standard InChI is InChI=1S/C14H18NO5.C7H6NO3.2CH3.2Y/c1-11(16)7-10-20-9-2-3-12(17)6-8-15-13(18)4-5-14(15)19;1-5(9)4-8-6(10)2-3-7(8)11;;;;/h4-5H,1-3,6-10H2;2-3H,1,4H2;2*1H3;;/q4*-1;;. The van der Waals surface area contributed by atoms with E-state index in [2.05, 4.69) is 13.8 Å². The van der Waals surface area contributed by atoms with Crippen LogP contribution in [0.25, 0.3) is 0 Å². The second kappa shape index (κ2) is 21.9. The van der Waals surface area contributed by atoms with Gasteiger partial charge in [-0.05, 0) is 12.2 Å². The first kappa shape index (κ1) is 40.8. The summed E-state index contributed by atoms with van der Waals surface area (Å²) in [5.74, 6) is -2.29. The third-order valence-electron chi connectivity index (χ3n) is 4.02. The summed E-state index contributed by atoms with van der Waals surface area (Å²) in [6.07, 6.45) is 5.99. The molecule has 0 aromatic rings. The number of ketones is 3. The second-order valence-corrected chi connectivity index (χ2v) is 6.59. The summed E-state index contributed by atoms with van der Waals surface area (Å²) in [6.45, 7) is 6.90. The van der Waals surface area contributed by atoms with Crippen molar-refractivity contribution < 1.29 is 104 Å². The van der Waals surface area contributed by atoms with Gasteiger partial charge >= 0.3 is 0 Å². The van der Waals surface area contributed by atoms with Crippen molar-refractivity contribution in [2.75, 3.05) is 26.3 Å². The number of carbonyl (C=O) groups is 7. The Kier molecular flexibility index (Phi) is 25.6. The van der Waals surface area contributed by atoms with Crippen molar-refractivity contribution in [3.8, 4) is 0 Å². The van der Waals surface area contributed by atoms with Gasteiger partial charge in [0.15, 0.2) is 0 Å². The number of rotatable bonds is 12. The van der Waals surface area contributed by atoms with Crippen molar-refractivity contribution in [1.82, 2.24) is 9.80 Å². The molecule has 0 saturated heterocycles. The maximum atomic E-state index is 11.6. The third kappa shape index (κ3) is 16.9. The van der Waals surface area contributed by atoms with E-state index in [1.54, 1.807) is 0 Å². The minimum Gasteiger partial charge on any atom is -0.381 e. The average Bonchev–Trinajstić information content (AvgIpc) is 3.18. The van der Waals surface area contributed by atoms with E-state index in [-0.39, 0.29) is 130 Å². The second-order valence-electron chi connectivity index (χ2n) is 6.59. The molecule has 0 N–H and O–H groups in total. The minimum absolute atomic E-state index is 0. The Hall–Kier alpha value is -1.32. The molecule has 0 aromatic carbocycles. The fraction of sp³-hybridized carbons (Fsp3) is 0.348. The smallest absolute Gasteiger partial charge is 0.253 e. The Bertz CT molecular complexity index is 788. The fourth-order valence-corrected chi connectivity index (χ4v) is 2.44. The van der Waals surface area contributed by atoms with E-state index in [1.165, 1.54) is 12.2 Å². The summed E-state index contributed by atoms with van der Waals surface area (Å²) >= 11 is 0. The van der Waals surface area contributed by atoms with Gasteiger partial charge in [-0.3, -0.25) is 33.8 Å². The molecule has 35 heavy (non-hydrogen) atoms. The molecular formula is C23H30N2O8Y2-4. The van der Waals surface area contributed by atoms with Crippen LogP contribution < -0.4 is 0 Å². The summed E-state index contributed by atoms with van der Waals surface area (Å²) < 4.78 is 5.17. The normalized spacial score (nSPS) is 13.1. The van der Waals surface area contributed by atoms with E-state index in [9.17, 15) is 33.6 Å². The molecular weight excluding hydrogens is 610 g/mol. The first-order valence-electron chi connectivity index (χ1n) is 9.48. The molecule has 2 rings (SSSR count). The van der Waals surface area contributed by atoms with Crippen LogP contribution in [0.5, 0.6) is 0 Å². The molecule has 0 unspecified atom stereocenters. The van der Waals surface area contributed by atoms with Gasteiger partial charge in [-0.25, -0.2) is 0 Å². The predicted octanol–water partition coefficient (Wildman–Crippen LogP) is 0.671. The van der Waals surface area contributed by atoms with Crippen LogP contribution >= 0.6 is 0 Å². The molecule has 0 aliphatic carbocycles. The Balaban J connectivity index is -0.000000278. The van der Waals surface area contributed by atoms with Crippen LogP contribution in [0.3, 0.4) is 0 Å². The van der Waals surface area contributed by atoms with Crippen molar-refractivity contribution in [3.63, 3.8) is 0 Å². The molecule has 0 aromatic heterocycles. The summed E-state index contributed by atoms with van der Waals surface area (Å²) in [6, 6.07) is 0. The van der Waals surface area contributed by atoms with Gasteiger partial charge in [-0.1, -0.05) is 0 Å². The monoisotopic (exact) mass is 640 g/mol. The number of hydrogen-bond acceptors (Lipinski definition) is 8. The molecule has 2 radical (unpaired) electrons. The van der Waals surface area contributed by atoms with Gasteiger partial charge in [-0.2, -0.15) is 0 Å². The number of nitrogens with zero attached hydrogens (tertiary/aromatic N) is 2. The van der Waals surface area contributed by atoms with Crippen molar-refractivity contribution in [1.29, 1.82) is 0 Å². The summed E-state index contributed by atoms with van der Waals surface area (Å²) in [5, 5.41) is 0. The van der Waals surface area contributed by atoms with Crippen LogP contribution in [0.2, 0.25) is 0 Å². The minimum atomic E-state index is -0.452. The van der Waals surface area contributed by atoms with E-state index in [0.29, 0.717) is 26.1 Å². The van der Waals surface area contributed by atoms with Crippen LogP contribution in [-0.2, 0) is 104 Å². The molecule has 4 amide bonds. The molecule has 0 saturated carbocycles. The zero-order valence-corrected chi connectivity index (χ0v) is 25.9. The van der Waals surface area contributed by atoms with Crippen LogP contribution in [0, 0.1) is 28.7 Å². The van der Waals surface area contributed by atoms with Gasteiger partial charge in [0.1, 0.15) is 5.78 Å². The number of Topliss-reactive ketones (excluding diaryl/α,β-unsaturated/α-hetero) is 3. The molecule has 0 spiro atoms. The first-order chi connectivity index (χ1) is 14.6. The van der Waals surface area contributed by atoms with Gasteiger partial charge in [0.2, 0.25) is 0 Å². The Labute approximate surface area is 257 Å². The summed E-state index contributed by atoms with van der Waals surface area (Å²) in [4.78, 5) is 78.4. The maximum Gasteiger partial charge on any atom is 0.253 e. The van der Waals surface area contributed by atoms with Crippen molar-refractivity contribution in [3.05, 3.63) is 53.0 Å². The molecule has 2 aliphatic rings. The SMILES string of the molecule is [CH2-]C(=O)CCOCCCC(=O)CCN1C(=O)C=CC1=O.[CH2-]C(=O)CN1C(=O)C=CC1=O.[CH3-].[CH3-].[Y].[Y]. The summed E-state index contributed by atoms with van der Waals surface area (Å²) in [7, 11) is 0. The number of carbonyl (C=O) groups excluding carboxylic acids is 7. The number of hydrogen-bond donors (Lipinski definition) is 0. The number of imide groups is 2. The van der Waals surface area contributed by atoms with Crippen LogP contribution in [-0.4, -0.2) is 77.1 Å². The summed E-state index contributed by atoms with van der Waals surface area (Å²) in [5.41, 5.74) is 0. The van der Waals surface area contributed by atoms with Gasteiger partial charge < -0.3 is 43.0 Å². The topological polar surface area (TPSA) is 135 Å². The maximum absolute atomic E-state index is 11.6. The Morgan fingerprint density at radius 3 is 1.57 bits per heavy atom. The molecule has 2 heterocycles. The number of amides is 4. The van der Waals surface area contributed by atoms with E-state index in [0.717, 1.165) is 22.0 Å². The van der Waals surface area contributed by atoms with Gasteiger partial charge in [0, 0.05) is 128 Å². The Morgan fingerprint density at radius 2 is 1.14 bits per heavy atom. The van der Waals surface area contributed by atoms with E-state index in [1.807, 2.05) is 0 Å². The first-order valence-corrected chi connectivity index (χ1v) is 9.48. The molecule has 0 fully saturated rings. The van der Waals surface area contributed by atoms with Gasteiger partial charge in [0.25, 0.3) is 23.6 Å².